The molecule has 0 saturated heterocycles. The zero-order chi connectivity index (χ0) is 14.4. The van der Waals surface area contributed by atoms with Gasteiger partial charge in [0.1, 0.15) is 5.82 Å². The number of hydrogen-bond donors (Lipinski definition) is 0. The molecule has 2 aromatic rings. The van der Waals surface area contributed by atoms with Crippen LogP contribution in [-0.4, -0.2) is 26.4 Å². The SMILES string of the molecule is Cc1nc(C)c(CN2CCc3nc(C4CC4)ncc3C2)s1. The third kappa shape index (κ3) is 2.72. The topological polar surface area (TPSA) is 41.9 Å². The third-order valence-corrected chi connectivity index (χ3v) is 5.40. The average molecular weight is 300 g/mol. The van der Waals surface area contributed by atoms with E-state index in [1.165, 1.54) is 34.7 Å². The molecule has 5 heteroatoms. The molecule has 3 heterocycles. The molecule has 0 aromatic carbocycles. The van der Waals surface area contributed by atoms with Gasteiger partial charge in [0.05, 0.1) is 10.7 Å². The minimum absolute atomic E-state index is 0.649. The Labute approximate surface area is 129 Å². The first-order valence-electron chi connectivity index (χ1n) is 7.69. The molecule has 0 atom stereocenters. The van der Waals surface area contributed by atoms with Crippen molar-refractivity contribution in [1.82, 2.24) is 19.9 Å². The Bertz CT molecular complexity index is 675. The highest BCUT2D eigenvalue weighted by molar-refractivity contribution is 7.11. The van der Waals surface area contributed by atoms with E-state index in [4.69, 9.17) is 4.98 Å². The highest BCUT2D eigenvalue weighted by Gasteiger charge is 2.28. The van der Waals surface area contributed by atoms with Crippen molar-refractivity contribution in [3.8, 4) is 0 Å². The van der Waals surface area contributed by atoms with E-state index in [1.807, 2.05) is 11.3 Å². The second kappa shape index (κ2) is 5.14. The highest BCUT2D eigenvalue weighted by Crippen LogP contribution is 2.38. The maximum Gasteiger partial charge on any atom is 0.131 e. The molecule has 110 valence electrons. The van der Waals surface area contributed by atoms with Gasteiger partial charge in [0, 0.05) is 54.3 Å². The summed E-state index contributed by atoms with van der Waals surface area (Å²) in [5, 5.41) is 1.16. The van der Waals surface area contributed by atoms with E-state index in [2.05, 4.69) is 34.9 Å². The summed E-state index contributed by atoms with van der Waals surface area (Å²) in [6.45, 7) is 7.25. The van der Waals surface area contributed by atoms with Gasteiger partial charge in [-0.15, -0.1) is 11.3 Å². The van der Waals surface area contributed by atoms with Crippen LogP contribution in [0.25, 0.3) is 0 Å². The van der Waals surface area contributed by atoms with Crippen LogP contribution >= 0.6 is 11.3 Å². The molecular weight excluding hydrogens is 280 g/mol. The minimum atomic E-state index is 0.649. The van der Waals surface area contributed by atoms with Gasteiger partial charge in [-0.05, 0) is 26.7 Å². The van der Waals surface area contributed by atoms with Crippen molar-refractivity contribution in [2.24, 2.45) is 0 Å². The fraction of sp³-hybridized carbons (Fsp3) is 0.562. The number of hydrogen-bond acceptors (Lipinski definition) is 5. The van der Waals surface area contributed by atoms with E-state index in [0.717, 1.165) is 36.9 Å². The fourth-order valence-electron chi connectivity index (χ4n) is 2.99. The van der Waals surface area contributed by atoms with Crippen molar-refractivity contribution in [3.63, 3.8) is 0 Å². The molecule has 4 nitrogen and oxygen atoms in total. The zero-order valence-electron chi connectivity index (χ0n) is 12.6. The Kier molecular flexibility index (Phi) is 3.27. The quantitative estimate of drug-likeness (QED) is 0.874. The molecule has 2 aromatic heterocycles. The summed E-state index contributed by atoms with van der Waals surface area (Å²) in [4.78, 5) is 17.8. The van der Waals surface area contributed by atoms with Crippen molar-refractivity contribution < 1.29 is 0 Å². The van der Waals surface area contributed by atoms with Crippen molar-refractivity contribution in [1.29, 1.82) is 0 Å². The van der Waals surface area contributed by atoms with E-state index in [9.17, 15) is 0 Å². The Hall–Kier alpha value is -1.33. The molecule has 0 amide bonds. The molecule has 21 heavy (non-hydrogen) atoms. The molecule has 0 N–H and O–H groups in total. The monoisotopic (exact) mass is 300 g/mol. The Balaban J connectivity index is 1.50. The van der Waals surface area contributed by atoms with Gasteiger partial charge in [-0.25, -0.2) is 15.0 Å². The number of nitrogens with zero attached hydrogens (tertiary/aromatic N) is 4. The normalized spacial score (nSPS) is 18.8. The van der Waals surface area contributed by atoms with Crippen molar-refractivity contribution in [2.75, 3.05) is 6.54 Å². The lowest BCUT2D eigenvalue weighted by atomic mass is 10.1. The molecule has 1 saturated carbocycles. The van der Waals surface area contributed by atoms with E-state index < -0.39 is 0 Å². The Morgan fingerprint density at radius 2 is 2.14 bits per heavy atom. The standard InChI is InChI=1S/C16H20N4S/c1-10-15(21-11(2)18-10)9-20-6-5-14-13(8-20)7-17-16(19-14)12-3-4-12/h7,12H,3-6,8-9H2,1-2H3. The van der Waals surface area contributed by atoms with Gasteiger partial charge < -0.3 is 0 Å². The molecule has 0 radical (unpaired) electrons. The number of aryl methyl sites for hydroxylation is 2. The molecule has 4 rings (SSSR count). The first kappa shape index (κ1) is 13.3. The smallest absolute Gasteiger partial charge is 0.131 e. The maximum atomic E-state index is 4.79. The van der Waals surface area contributed by atoms with Crippen LogP contribution in [0.1, 0.15) is 51.4 Å². The second-order valence-corrected chi connectivity index (χ2v) is 7.46. The lowest BCUT2D eigenvalue weighted by Gasteiger charge is -2.27. The fourth-order valence-corrected chi connectivity index (χ4v) is 3.97. The molecule has 0 bridgehead atoms. The zero-order valence-corrected chi connectivity index (χ0v) is 13.4. The summed E-state index contributed by atoms with van der Waals surface area (Å²) in [5.74, 6) is 1.73. The van der Waals surface area contributed by atoms with Gasteiger partial charge in [-0.2, -0.15) is 0 Å². The largest absolute Gasteiger partial charge is 0.293 e. The van der Waals surface area contributed by atoms with Crippen LogP contribution in [0.2, 0.25) is 0 Å². The summed E-state index contributed by atoms with van der Waals surface area (Å²) in [5.41, 5.74) is 3.77. The highest BCUT2D eigenvalue weighted by atomic mass is 32.1. The summed E-state index contributed by atoms with van der Waals surface area (Å²) >= 11 is 1.82. The van der Waals surface area contributed by atoms with Gasteiger partial charge in [-0.1, -0.05) is 0 Å². The van der Waals surface area contributed by atoms with Gasteiger partial charge in [-0.3, -0.25) is 4.90 Å². The Morgan fingerprint density at radius 3 is 2.86 bits per heavy atom. The van der Waals surface area contributed by atoms with Crippen LogP contribution in [0.15, 0.2) is 6.20 Å². The lowest BCUT2D eigenvalue weighted by molar-refractivity contribution is 0.244. The van der Waals surface area contributed by atoms with Crippen molar-refractivity contribution >= 4 is 11.3 Å². The number of rotatable bonds is 3. The number of thiazole rings is 1. The molecule has 1 aliphatic heterocycles. The molecule has 1 fully saturated rings. The lowest BCUT2D eigenvalue weighted by Crippen LogP contribution is -2.31. The predicted molar refractivity (Wildman–Crippen MR) is 83.4 cm³/mol. The third-order valence-electron chi connectivity index (χ3n) is 4.34. The molecule has 2 aliphatic rings. The van der Waals surface area contributed by atoms with Crippen LogP contribution in [0.3, 0.4) is 0 Å². The second-order valence-electron chi connectivity index (χ2n) is 6.18. The summed E-state index contributed by atoms with van der Waals surface area (Å²) in [6.07, 6.45) is 5.66. The van der Waals surface area contributed by atoms with Crippen molar-refractivity contribution in [2.45, 2.75) is 52.1 Å². The van der Waals surface area contributed by atoms with E-state index >= 15 is 0 Å². The van der Waals surface area contributed by atoms with Crippen LogP contribution in [0.4, 0.5) is 0 Å². The molecule has 1 aliphatic carbocycles. The van der Waals surface area contributed by atoms with Crippen LogP contribution in [0, 0.1) is 13.8 Å². The number of fused-ring (bicyclic) bond motifs is 1. The summed E-state index contributed by atoms with van der Waals surface area (Å²) in [6, 6.07) is 0. The number of aromatic nitrogens is 3. The maximum absolute atomic E-state index is 4.79. The van der Waals surface area contributed by atoms with Gasteiger partial charge in [0.15, 0.2) is 0 Å². The molecule has 0 unspecified atom stereocenters. The summed E-state index contributed by atoms with van der Waals surface area (Å²) in [7, 11) is 0. The molecule has 0 spiro atoms. The van der Waals surface area contributed by atoms with Crippen molar-refractivity contribution in [3.05, 3.63) is 38.9 Å². The summed E-state index contributed by atoms with van der Waals surface area (Å²) < 4.78 is 0. The predicted octanol–water partition coefficient (Wildman–Crippen LogP) is 2.99. The first-order valence-corrected chi connectivity index (χ1v) is 8.50. The van der Waals surface area contributed by atoms with Gasteiger partial charge in [0.25, 0.3) is 0 Å². The van der Waals surface area contributed by atoms with Crippen LogP contribution in [-0.2, 0) is 19.5 Å². The van der Waals surface area contributed by atoms with E-state index in [1.54, 1.807) is 0 Å². The first-order chi connectivity index (χ1) is 10.2. The van der Waals surface area contributed by atoms with E-state index in [-0.39, 0.29) is 0 Å². The molecular formula is C16H20N4S. The van der Waals surface area contributed by atoms with Crippen LogP contribution < -0.4 is 0 Å². The van der Waals surface area contributed by atoms with Gasteiger partial charge in [0.2, 0.25) is 0 Å². The minimum Gasteiger partial charge on any atom is -0.293 e. The average Bonchev–Trinajstić information content (AvgIpc) is 3.26. The van der Waals surface area contributed by atoms with Crippen LogP contribution in [0.5, 0.6) is 0 Å². The van der Waals surface area contributed by atoms with E-state index in [0.29, 0.717) is 5.92 Å². The van der Waals surface area contributed by atoms with Gasteiger partial charge >= 0.3 is 0 Å². The Morgan fingerprint density at radius 1 is 1.29 bits per heavy atom.